The van der Waals surface area contributed by atoms with Gasteiger partial charge in [-0.2, -0.15) is 0 Å². The maximum Gasteiger partial charge on any atom is 0.230 e. The second-order valence-corrected chi connectivity index (χ2v) is 9.50. The van der Waals surface area contributed by atoms with Crippen LogP contribution in [0.3, 0.4) is 0 Å². The zero-order valence-corrected chi connectivity index (χ0v) is 18.7. The summed E-state index contributed by atoms with van der Waals surface area (Å²) in [4.78, 5) is 21.6. The zero-order chi connectivity index (χ0) is 20.9. The molecule has 30 heavy (non-hydrogen) atoms. The molecule has 0 aliphatic carbocycles. The first-order chi connectivity index (χ1) is 14.6. The Morgan fingerprint density at radius 3 is 2.70 bits per heavy atom. The number of benzene rings is 2. The average Bonchev–Trinajstić information content (AvgIpc) is 3.42. The molecule has 0 N–H and O–H groups in total. The van der Waals surface area contributed by atoms with Gasteiger partial charge < -0.3 is 4.42 Å². The highest BCUT2D eigenvalue weighted by molar-refractivity contribution is 7.99. The molecule has 2 heterocycles. The topological polar surface area (TPSA) is 46.3 Å². The summed E-state index contributed by atoms with van der Waals surface area (Å²) in [6, 6.07) is 16.1. The van der Waals surface area contributed by atoms with Crippen molar-refractivity contribution in [1.82, 2.24) is 4.98 Å². The summed E-state index contributed by atoms with van der Waals surface area (Å²) in [5.74, 6) is 1.02. The smallest absolute Gasteiger partial charge is 0.230 e. The molecular formula is C22H19FN2O2S3. The van der Waals surface area contributed by atoms with Gasteiger partial charge in [0.05, 0.1) is 23.0 Å². The Kier molecular flexibility index (Phi) is 6.76. The minimum atomic E-state index is -0.263. The predicted octanol–water partition coefficient (Wildman–Crippen LogP) is 6.47. The van der Waals surface area contributed by atoms with E-state index in [1.54, 1.807) is 35.1 Å². The van der Waals surface area contributed by atoms with Gasteiger partial charge in [0.15, 0.2) is 5.13 Å². The lowest BCUT2D eigenvalue weighted by Crippen LogP contribution is -2.30. The average molecular weight is 459 g/mol. The van der Waals surface area contributed by atoms with Crippen molar-refractivity contribution < 1.29 is 13.6 Å². The summed E-state index contributed by atoms with van der Waals surface area (Å²) in [7, 11) is 0. The van der Waals surface area contributed by atoms with Crippen LogP contribution in [0.15, 0.2) is 75.1 Å². The van der Waals surface area contributed by atoms with Gasteiger partial charge in [0.2, 0.25) is 5.91 Å². The van der Waals surface area contributed by atoms with E-state index in [1.807, 2.05) is 30.5 Å². The number of fused-ring (bicyclic) bond motifs is 1. The summed E-state index contributed by atoms with van der Waals surface area (Å²) in [5, 5.41) is 0.663. The number of carbonyl (C=O) groups excluding carboxylic acids is 1. The normalized spacial score (nSPS) is 11.1. The van der Waals surface area contributed by atoms with Crippen molar-refractivity contribution >= 4 is 56.1 Å². The number of thioether (sulfide) groups is 2. The van der Waals surface area contributed by atoms with Crippen molar-refractivity contribution in [3.8, 4) is 0 Å². The fraction of sp³-hybridized carbons (Fsp3) is 0.182. The third-order valence-corrected chi connectivity index (χ3v) is 7.19. The van der Waals surface area contributed by atoms with Crippen LogP contribution in [0.2, 0.25) is 0 Å². The van der Waals surface area contributed by atoms with Gasteiger partial charge in [-0.1, -0.05) is 11.3 Å². The monoisotopic (exact) mass is 458 g/mol. The Hall–Kier alpha value is -2.29. The van der Waals surface area contributed by atoms with E-state index in [0.29, 0.717) is 29.6 Å². The zero-order valence-electron chi connectivity index (χ0n) is 16.2. The molecule has 0 aliphatic heterocycles. The van der Waals surface area contributed by atoms with Gasteiger partial charge in [-0.3, -0.25) is 9.69 Å². The van der Waals surface area contributed by atoms with Crippen LogP contribution in [0.5, 0.6) is 0 Å². The molecule has 4 rings (SSSR count). The van der Waals surface area contributed by atoms with Gasteiger partial charge >= 0.3 is 0 Å². The highest BCUT2D eigenvalue weighted by Gasteiger charge is 2.21. The van der Waals surface area contributed by atoms with Crippen molar-refractivity contribution in [3.05, 3.63) is 72.4 Å². The molecule has 2 aromatic carbocycles. The molecular weight excluding hydrogens is 439 g/mol. The van der Waals surface area contributed by atoms with E-state index >= 15 is 0 Å². The number of nitrogens with zero attached hydrogens (tertiary/aromatic N) is 2. The Morgan fingerprint density at radius 1 is 1.17 bits per heavy atom. The predicted molar refractivity (Wildman–Crippen MR) is 123 cm³/mol. The number of amides is 1. The van der Waals surface area contributed by atoms with Crippen LogP contribution in [-0.2, 0) is 11.3 Å². The van der Waals surface area contributed by atoms with Crippen molar-refractivity contribution in [2.24, 2.45) is 0 Å². The van der Waals surface area contributed by atoms with Gasteiger partial charge in [0.1, 0.15) is 11.6 Å². The van der Waals surface area contributed by atoms with Crippen LogP contribution in [0, 0.1) is 5.82 Å². The third kappa shape index (κ3) is 5.06. The number of aromatic nitrogens is 1. The Balaban J connectivity index is 1.51. The molecule has 4 aromatic rings. The number of furan rings is 1. The van der Waals surface area contributed by atoms with Crippen molar-refractivity contribution in [3.63, 3.8) is 0 Å². The third-order valence-electron chi connectivity index (χ3n) is 4.41. The summed E-state index contributed by atoms with van der Waals surface area (Å²) in [6.07, 6.45) is 3.98. The van der Waals surface area contributed by atoms with Gasteiger partial charge in [-0.05, 0) is 60.9 Å². The molecule has 8 heteroatoms. The summed E-state index contributed by atoms with van der Waals surface area (Å²) >= 11 is 4.72. The molecule has 0 spiro atoms. The van der Waals surface area contributed by atoms with Crippen molar-refractivity contribution in [1.29, 1.82) is 0 Å². The second-order valence-electron chi connectivity index (χ2n) is 6.44. The molecule has 0 atom stereocenters. The van der Waals surface area contributed by atoms with Gasteiger partial charge in [-0.15, -0.1) is 23.5 Å². The Labute approximate surface area is 186 Å². The van der Waals surface area contributed by atoms with Crippen LogP contribution >= 0.6 is 34.9 Å². The highest BCUT2D eigenvalue weighted by Crippen LogP contribution is 2.33. The first kappa shape index (κ1) is 21.0. The standard InChI is InChI=1S/C22H19FN2O2S3/c1-28-18-8-9-19-20(13-18)30-22(24-19)25(14-16-3-2-11-27-16)21(26)10-12-29-17-6-4-15(23)5-7-17/h2-9,11,13H,10,12,14H2,1H3. The number of rotatable bonds is 8. The Morgan fingerprint density at radius 2 is 1.97 bits per heavy atom. The molecule has 0 saturated heterocycles. The molecule has 0 fully saturated rings. The number of hydrogen-bond acceptors (Lipinski definition) is 6. The number of halogens is 1. The molecule has 0 radical (unpaired) electrons. The number of anilines is 1. The van der Waals surface area contributed by atoms with Crippen molar-refractivity contribution in [2.45, 2.75) is 22.8 Å². The number of carbonyl (C=O) groups is 1. The summed E-state index contributed by atoms with van der Waals surface area (Å²) in [5.41, 5.74) is 0.880. The maximum atomic E-state index is 13.1. The van der Waals surface area contributed by atoms with Crippen LogP contribution in [0.25, 0.3) is 10.2 Å². The first-order valence-corrected chi connectivity index (χ1v) is 12.3. The van der Waals surface area contributed by atoms with E-state index in [9.17, 15) is 9.18 Å². The molecule has 0 bridgehead atoms. The molecule has 0 aliphatic rings. The van der Waals surface area contributed by atoms with E-state index in [4.69, 9.17) is 9.40 Å². The molecule has 2 aromatic heterocycles. The molecule has 0 saturated carbocycles. The number of hydrogen-bond donors (Lipinski definition) is 0. The van der Waals surface area contributed by atoms with E-state index in [0.717, 1.165) is 20.0 Å². The SMILES string of the molecule is CSc1ccc2nc(N(Cc3ccco3)C(=O)CCSc3ccc(F)cc3)sc2c1. The van der Waals surface area contributed by atoms with E-state index in [2.05, 4.69) is 6.07 Å². The quantitative estimate of drug-likeness (QED) is 0.283. The van der Waals surface area contributed by atoms with Crippen LogP contribution in [0.4, 0.5) is 9.52 Å². The van der Waals surface area contributed by atoms with Crippen LogP contribution < -0.4 is 4.90 Å². The Bertz CT molecular complexity index is 1130. The minimum absolute atomic E-state index is 0.0230. The molecule has 1 amide bonds. The number of thiazole rings is 1. The fourth-order valence-corrected chi connectivity index (χ4v) is 5.25. The van der Waals surface area contributed by atoms with Gasteiger partial charge in [0.25, 0.3) is 0 Å². The fourth-order valence-electron chi connectivity index (χ4n) is 2.88. The van der Waals surface area contributed by atoms with Crippen LogP contribution in [-0.4, -0.2) is 22.9 Å². The van der Waals surface area contributed by atoms with Gasteiger partial charge in [0, 0.05) is 22.0 Å². The largest absolute Gasteiger partial charge is 0.467 e. The summed E-state index contributed by atoms with van der Waals surface area (Å²) in [6.45, 7) is 0.336. The molecule has 0 unspecified atom stereocenters. The second kappa shape index (κ2) is 9.68. The van der Waals surface area contributed by atoms with E-state index < -0.39 is 0 Å². The van der Waals surface area contributed by atoms with Crippen molar-refractivity contribution in [2.75, 3.05) is 16.9 Å². The lowest BCUT2D eigenvalue weighted by molar-refractivity contribution is -0.118. The minimum Gasteiger partial charge on any atom is -0.467 e. The van der Waals surface area contributed by atoms with Crippen LogP contribution in [0.1, 0.15) is 12.2 Å². The first-order valence-electron chi connectivity index (χ1n) is 9.28. The highest BCUT2D eigenvalue weighted by atomic mass is 32.2. The summed E-state index contributed by atoms with van der Waals surface area (Å²) < 4.78 is 19.6. The maximum absolute atomic E-state index is 13.1. The van der Waals surface area contributed by atoms with E-state index in [-0.39, 0.29) is 11.7 Å². The van der Waals surface area contributed by atoms with E-state index in [1.165, 1.54) is 35.2 Å². The lowest BCUT2D eigenvalue weighted by Gasteiger charge is -2.18. The molecule has 4 nitrogen and oxygen atoms in total. The lowest BCUT2D eigenvalue weighted by atomic mass is 10.3. The van der Waals surface area contributed by atoms with Gasteiger partial charge in [-0.25, -0.2) is 9.37 Å². The molecule has 154 valence electrons.